The van der Waals surface area contributed by atoms with Crippen molar-refractivity contribution in [2.24, 2.45) is 0 Å². The molecule has 1 aliphatic rings. The smallest absolute Gasteiger partial charge is 0.225 e. The number of rotatable bonds is 5. The zero-order valence-electron chi connectivity index (χ0n) is 14.3. The molecule has 0 atom stereocenters. The first-order valence-electron chi connectivity index (χ1n) is 8.85. The molecule has 1 aliphatic carbocycles. The van der Waals surface area contributed by atoms with Gasteiger partial charge in [-0.3, -0.25) is 4.98 Å². The van der Waals surface area contributed by atoms with E-state index in [4.69, 9.17) is 16.6 Å². The van der Waals surface area contributed by atoms with E-state index < -0.39 is 0 Å². The number of hydrogen-bond acceptors (Lipinski definition) is 5. The van der Waals surface area contributed by atoms with E-state index in [9.17, 15) is 0 Å². The molecule has 0 aliphatic heterocycles. The highest BCUT2D eigenvalue weighted by atomic mass is 35.5. The van der Waals surface area contributed by atoms with Crippen molar-refractivity contribution >= 4 is 29.1 Å². The summed E-state index contributed by atoms with van der Waals surface area (Å²) in [6.45, 7) is 0. The van der Waals surface area contributed by atoms with Crippen LogP contribution in [-0.4, -0.2) is 21.0 Å². The Hall–Kier alpha value is -2.66. The van der Waals surface area contributed by atoms with E-state index in [-0.39, 0.29) is 0 Å². The third kappa shape index (κ3) is 3.94. The molecule has 2 heterocycles. The average Bonchev–Trinajstić information content (AvgIpc) is 3.17. The zero-order valence-corrected chi connectivity index (χ0v) is 15.1. The summed E-state index contributed by atoms with van der Waals surface area (Å²) in [5, 5.41) is 7.44. The Labute approximate surface area is 157 Å². The minimum atomic E-state index is 0.441. The van der Waals surface area contributed by atoms with Gasteiger partial charge in [-0.15, -0.1) is 0 Å². The van der Waals surface area contributed by atoms with Gasteiger partial charge in [0.15, 0.2) is 0 Å². The topological polar surface area (TPSA) is 62.7 Å². The number of halogens is 1. The van der Waals surface area contributed by atoms with Crippen LogP contribution in [0.25, 0.3) is 11.3 Å². The van der Waals surface area contributed by atoms with Gasteiger partial charge in [0.1, 0.15) is 5.82 Å². The number of nitrogens with one attached hydrogen (secondary N) is 2. The zero-order chi connectivity index (χ0) is 17.8. The lowest BCUT2D eigenvalue weighted by molar-refractivity contribution is 0.744. The third-order valence-electron chi connectivity index (χ3n) is 4.53. The summed E-state index contributed by atoms with van der Waals surface area (Å²) >= 11 is 6.28. The molecule has 6 heteroatoms. The number of aromatic nitrogens is 3. The Bertz CT molecular complexity index is 878. The van der Waals surface area contributed by atoms with E-state index in [1.54, 1.807) is 12.4 Å². The summed E-state index contributed by atoms with van der Waals surface area (Å²) in [4.78, 5) is 13.4. The van der Waals surface area contributed by atoms with Crippen LogP contribution in [0.15, 0.2) is 54.9 Å². The van der Waals surface area contributed by atoms with Crippen molar-refractivity contribution < 1.29 is 0 Å². The SMILES string of the molecule is Clc1ccccc1Nc1cc(-c2ccncc2)nc(NC2CCCC2)n1. The molecule has 0 saturated heterocycles. The second-order valence-electron chi connectivity index (χ2n) is 6.43. The van der Waals surface area contributed by atoms with E-state index in [1.807, 2.05) is 42.5 Å². The van der Waals surface area contributed by atoms with Crippen LogP contribution in [-0.2, 0) is 0 Å². The van der Waals surface area contributed by atoms with Crippen molar-refractivity contribution in [3.8, 4) is 11.3 Å². The van der Waals surface area contributed by atoms with Gasteiger partial charge in [-0.25, -0.2) is 4.98 Å². The molecule has 2 aromatic heterocycles. The molecule has 0 amide bonds. The van der Waals surface area contributed by atoms with Crippen LogP contribution in [0.3, 0.4) is 0 Å². The summed E-state index contributed by atoms with van der Waals surface area (Å²) in [6.07, 6.45) is 8.37. The minimum Gasteiger partial charge on any atom is -0.351 e. The Kier molecular flexibility index (Phi) is 4.97. The molecule has 2 N–H and O–H groups in total. The second-order valence-corrected chi connectivity index (χ2v) is 6.84. The average molecular weight is 366 g/mol. The summed E-state index contributed by atoms with van der Waals surface area (Å²) < 4.78 is 0. The normalized spacial score (nSPS) is 14.3. The van der Waals surface area contributed by atoms with E-state index in [1.165, 1.54) is 12.8 Å². The van der Waals surface area contributed by atoms with Crippen molar-refractivity contribution in [1.29, 1.82) is 0 Å². The van der Waals surface area contributed by atoms with Gasteiger partial charge >= 0.3 is 0 Å². The summed E-state index contributed by atoms with van der Waals surface area (Å²) in [5.41, 5.74) is 2.66. The lowest BCUT2D eigenvalue weighted by Gasteiger charge is -2.15. The minimum absolute atomic E-state index is 0.441. The largest absolute Gasteiger partial charge is 0.351 e. The van der Waals surface area contributed by atoms with Crippen molar-refractivity contribution in [3.63, 3.8) is 0 Å². The van der Waals surface area contributed by atoms with Gasteiger partial charge in [-0.2, -0.15) is 4.98 Å². The maximum atomic E-state index is 6.28. The highest BCUT2D eigenvalue weighted by molar-refractivity contribution is 6.33. The standard InChI is InChI=1S/C20H20ClN5/c21-16-7-3-4-8-17(16)24-19-13-18(14-9-11-22-12-10-14)25-20(26-19)23-15-5-1-2-6-15/h3-4,7-13,15H,1-2,5-6H2,(H2,23,24,25,26). The Balaban J connectivity index is 1.68. The maximum absolute atomic E-state index is 6.28. The molecule has 3 aromatic rings. The molecule has 132 valence electrons. The molecule has 0 unspecified atom stereocenters. The fraction of sp³-hybridized carbons (Fsp3) is 0.250. The highest BCUT2D eigenvalue weighted by Crippen LogP contribution is 2.28. The first-order chi connectivity index (χ1) is 12.8. The Morgan fingerprint density at radius 1 is 0.962 bits per heavy atom. The first kappa shape index (κ1) is 16.8. The lowest BCUT2D eigenvalue weighted by Crippen LogP contribution is -2.17. The molecule has 5 nitrogen and oxygen atoms in total. The molecule has 0 spiro atoms. The molecule has 0 bridgehead atoms. The van der Waals surface area contributed by atoms with E-state index in [2.05, 4.69) is 20.6 Å². The van der Waals surface area contributed by atoms with Crippen molar-refractivity contribution in [2.45, 2.75) is 31.7 Å². The van der Waals surface area contributed by atoms with Crippen LogP contribution in [0.2, 0.25) is 5.02 Å². The van der Waals surface area contributed by atoms with Gasteiger partial charge in [0.2, 0.25) is 5.95 Å². The van der Waals surface area contributed by atoms with Crippen LogP contribution in [0.4, 0.5) is 17.5 Å². The molecular formula is C20H20ClN5. The predicted molar refractivity (Wildman–Crippen MR) is 106 cm³/mol. The molecule has 0 radical (unpaired) electrons. The Morgan fingerprint density at radius 3 is 2.50 bits per heavy atom. The number of pyridine rings is 1. The molecular weight excluding hydrogens is 346 g/mol. The van der Waals surface area contributed by atoms with E-state index in [0.717, 1.165) is 29.8 Å². The van der Waals surface area contributed by atoms with Gasteiger partial charge < -0.3 is 10.6 Å². The van der Waals surface area contributed by atoms with Crippen LogP contribution in [0.5, 0.6) is 0 Å². The lowest BCUT2D eigenvalue weighted by atomic mass is 10.2. The van der Waals surface area contributed by atoms with Crippen LogP contribution < -0.4 is 10.6 Å². The van der Waals surface area contributed by atoms with Crippen LogP contribution in [0, 0.1) is 0 Å². The Morgan fingerprint density at radius 2 is 1.73 bits per heavy atom. The summed E-state index contributed by atoms with van der Waals surface area (Å²) in [5.74, 6) is 1.35. The van der Waals surface area contributed by atoms with Crippen LogP contribution in [0.1, 0.15) is 25.7 Å². The first-order valence-corrected chi connectivity index (χ1v) is 9.23. The van der Waals surface area contributed by atoms with Gasteiger partial charge in [0, 0.05) is 30.1 Å². The van der Waals surface area contributed by atoms with Gasteiger partial charge in [0.05, 0.1) is 16.4 Å². The number of nitrogens with zero attached hydrogens (tertiary/aromatic N) is 3. The molecule has 4 rings (SSSR count). The van der Waals surface area contributed by atoms with Gasteiger partial charge in [0.25, 0.3) is 0 Å². The molecule has 26 heavy (non-hydrogen) atoms. The maximum Gasteiger partial charge on any atom is 0.225 e. The number of benzene rings is 1. The number of anilines is 3. The molecule has 1 saturated carbocycles. The number of hydrogen-bond donors (Lipinski definition) is 2. The number of para-hydroxylation sites is 1. The predicted octanol–water partition coefficient (Wildman–Crippen LogP) is 5.29. The van der Waals surface area contributed by atoms with Crippen molar-refractivity contribution in [3.05, 3.63) is 59.9 Å². The van der Waals surface area contributed by atoms with E-state index >= 15 is 0 Å². The van der Waals surface area contributed by atoms with Crippen molar-refractivity contribution in [1.82, 2.24) is 15.0 Å². The highest BCUT2D eigenvalue weighted by Gasteiger charge is 2.17. The summed E-state index contributed by atoms with van der Waals surface area (Å²) in [6, 6.07) is 13.9. The van der Waals surface area contributed by atoms with Gasteiger partial charge in [-0.1, -0.05) is 36.6 Å². The molecule has 1 fully saturated rings. The quantitative estimate of drug-likeness (QED) is 0.643. The second kappa shape index (κ2) is 7.70. The molecule has 1 aromatic carbocycles. The summed E-state index contributed by atoms with van der Waals surface area (Å²) in [7, 11) is 0. The van der Waals surface area contributed by atoms with Crippen molar-refractivity contribution in [2.75, 3.05) is 10.6 Å². The third-order valence-corrected chi connectivity index (χ3v) is 4.86. The fourth-order valence-corrected chi connectivity index (χ4v) is 3.38. The fourth-order valence-electron chi connectivity index (χ4n) is 3.20. The van der Waals surface area contributed by atoms with Crippen LogP contribution >= 0.6 is 11.6 Å². The monoisotopic (exact) mass is 365 g/mol. The van der Waals surface area contributed by atoms with E-state index in [0.29, 0.717) is 22.8 Å². The van der Waals surface area contributed by atoms with Gasteiger partial charge in [-0.05, 0) is 37.1 Å².